The number of rotatable bonds is 1. The van der Waals surface area contributed by atoms with Crippen LogP contribution in [0.2, 0.25) is 0 Å². The van der Waals surface area contributed by atoms with Crippen molar-refractivity contribution in [1.29, 1.82) is 0 Å². The Balaban J connectivity index is 0.00000144. The molecule has 6 heteroatoms. The Kier molecular flexibility index (Phi) is 4.61. The van der Waals surface area contributed by atoms with Gasteiger partial charge in [0.1, 0.15) is 6.20 Å². The van der Waals surface area contributed by atoms with Crippen LogP contribution in [0.15, 0.2) is 24.5 Å². The van der Waals surface area contributed by atoms with Crippen molar-refractivity contribution in [1.82, 2.24) is 0 Å². The molecule has 0 saturated heterocycles. The third-order valence-corrected chi connectivity index (χ3v) is 1.29. The first-order valence-corrected chi connectivity index (χ1v) is 3.14. The zero-order chi connectivity index (χ0) is 9.14. The molecule has 62 valence electrons. The zero-order valence-electron chi connectivity index (χ0n) is 7.06. The minimum Gasteiger partial charge on any atom is -0.545 e. The van der Waals surface area contributed by atoms with Gasteiger partial charge in [-0.15, -0.1) is 0 Å². The van der Waals surface area contributed by atoms with Gasteiger partial charge in [0.05, 0.1) is 12.2 Å². The fraction of sp³-hybridized carbons (Fsp3) is 0. The van der Waals surface area contributed by atoms with Gasteiger partial charge >= 0.3 is 35.6 Å². The molecular weight excluding hydrogens is 183 g/mol. The molecule has 0 saturated carbocycles. The summed E-state index contributed by atoms with van der Waals surface area (Å²) in [5, 5.41) is 10.3. The van der Waals surface area contributed by atoms with Gasteiger partial charge in [-0.1, -0.05) is 0 Å². The summed E-state index contributed by atoms with van der Waals surface area (Å²) in [7, 11) is 0. The van der Waals surface area contributed by atoms with Crippen LogP contribution in [0, 0.1) is 0 Å². The molecule has 2 N–H and O–H groups in total. The number of pyridine rings is 1. The topological polar surface area (TPSA) is 87.1 Å². The predicted octanol–water partition coefficient (Wildman–Crippen LogP) is -4.73. The molecule has 0 bridgehead atoms. The Bertz CT molecular complexity index is 311. The number of primary amides is 1. The Morgan fingerprint density at radius 3 is 2.54 bits per heavy atom. The van der Waals surface area contributed by atoms with Gasteiger partial charge in [-0.3, -0.25) is 5.73 Å². The van der Waals surface area contributed by atoms with Crippen LogP contribution >= 0.6 is 0 Å². The average Bonchev–Trinajstić information content (AvgIpc) is 2.04. The van der Waals surface area contributed by atoms with E-state index in [2.05, 4.69) is 0 Å². The van der Waals surface area contributed by atoms with Gasteiger partial charge < -0.3 is 9.90 Å². The largest absolute Gasteiger partial charge is 1.00 e. The molecule has 1 heterocycles. The molecule has 0 radical (unpaired) electrons. The first-order valence-electron chi connectivity index (χ1n) is 3.14. The van der Waals surface area contributed by atoms with E-state index in [1.807, 2.05) is 0 Å². The first kappa shape index (κ1) is 12.1. The molecule has 0 aliphatic rings. The molecule has 5 nitrogen and oxygen atoms in total. The van der Waals surface area contributed by atoms with Crippen LogP contribution in [0.1, 0.15) is 10.4 Å². The number of aromatic carboxylic acids is 1. The van der Waals surface area contributed by atoms with Crippen LogP contribution in [-0.4, -0.2) is 12.0 Å². The molecule has 0 aliphatic carbocycles. The number of carboxylic acids is 1. The number of nitrogens with two attached hydrogens (primary N) is 1. The maximum absolute atomic E-state index is 10.5. The van der Waals surface area contributed by atoms with E-state index in [1.54, 1.807) is 0 Å². The van der Waals surface area contributed by atoms with Crippen molar-refractivity contribution in [3.05, 3.63) is 30.1 Å². The SMILES string of the molecule is NC(=O)[n+]1cccc(C(=O)[O-])c1.[Na+]. The van der Waals surface area contributed by atoms with Crippen molar-refractivity contribution in [3.63, 3.8) is 0 Å². The molecular formula is C7H6N2NaO3+. The Hall–Kier alpha value is -0.910. The fourth-order valence-corrected chi connectivity index (χ4v) is 0.733. The molecule has 0 aromatic carbocycles. The van der Waals surface area contributed by atoms with Crippen molar-refractivity contribution in [3.8, 4) is 0 Å². The van der Waals surface area contributed by atoms with E-state index in [9.17, 15) is 14.7 Å². The van der Waals surface area contributed by atoms with E-state index in [0.717, 1.165) is 10.8 Å². The summed E-state index contributed by atoms with van der Waals surface area (Å²) < 4.78 is 0.963. The minimum atomic E-state index is -1.34. The number of aromatic nitrogens is 1. The summed E-state index contributed by atoms with van der Waals surface area (Å²) in [5.41, 5.74) is 4.81. The van der Waals surface area contributed by atoms with Crippen molar-refractivity contribution in [2.24, 2.45) is 5.73 Å². The van der Waals surface area contributed by atoms with Gasteiger partial charge in [0.15, 0.2) is 0 Å². The Morgan fingerprint density at radius 2 is 2.08 bits per heavy atom. The zero-order valence-corrected chi connectivity index (χ0v) is 9.06. The summed E-state index contributed by atoms with van der Waals surface area (Å²) in [4.78, 5) is 20.8. The monoisotopic (exact) mass is 189 g/mol. The van der Waals surface area contributed by atoms with E-state index in [0.29, 0.717) is 0 Å². The number of carboxylic acid groups (broad SMARTS) is 1. The van der Waals surface area contributed by atoms with Gasteiger partial charge in [0, 0.05) is 5.56 Å². The van der Waals surface area contributed by atoms with Crippen molar-refractivity contribution in [2.45, 2.75) is 0 Å². The van der Waals surface area contributed by atoms with E-state index < -0.39 is 12.0 Å². The van der Waals surface area contributed by atoms with Crippen LogP contribution in [0.5, 0.6) is 0 Å². The van der Waals surface area contributed by atoms with Gasteiger partial charge in [-0.2, -0.15) is 9.36 Å². The van der Waals surface area contributed by atoms with Crippen LogP contribution in [0.3, 0.4) is 0 Å². The van der Waals surface area contributed by atoms with Crippen LogP contribution in [-0.2, 0) is 0 Å². The summed E-state index contributed by atoms with van der Waals surface area (Å²) >= 11 is 0. The van der Waals surface area contributed by atoms with Crippen LogP contribution in [0.4, 0.5) is 4.79 Å². The number of amides is 1. The van der Waals surface area contributed by atoms with Gasteiger partial charge in [-0.25, -0.2) is 0 Å². The third-order valence-electron chi connectivity index (χ3n) is 1.29. The number of nitrogens with zero attached hydrogens (tertiary/aromatic N) is 1. The normalized spacial score (nSPS) is 8.62. The quantitative estimate of drug-likeness (QED) is 0.355. The Morgan fingerprint density at radius 1 is 1.46 bits per heavy atom. The van der Waals surface area contributed by atoms with Gasteiger partial charge in [0.25, 0.3) is 0 Å². The summed E-state index contributed by atoms with van der Waals surface area (Å²) in [5.74, 6) is -1.34. The molecule has 1 amide bonds. The standard InChI is InChI=1S/C7H6N2O3.Na/c8-7(12)9-3-1-2-5(4-9)6(10)11;/h1-4H,(H2-,8,10,11,12);/q;+1. The molecule has 0 unspecified atom stereocenters. The number of carbonyl (C=O) groups excluding carboxylic acids is 2. The smallest absolute Gasteiger partial charge is 0.545 e. The molecule has 0 spiro atoms. The van der Waals surface area contributed by atoms with Gasteiger partial charge in [0.2, 0.25) is 0 Å². The second-order valence-corrected chi connectivity index (χ2v) is 2.13. The van der Waals surface area contributed by atoms with Crippen molar-refractivity contribution in [2.75, 3.05) is 0 Å². The summed E-state index contributed by atoms with van der Waals surface area (Å²) in [6.45, 7) is 0. The van der Waals surface area contributed by atoms with Crippen molar-refractivity contribution >= 4 is 12.0 Å². The number of hydrogen-bond acceptors (Lipinski definition) is 3. The van der Waals surface area contributed by atoms with E-state index >= 15 is 0 Å². The Labute approximate surface area is 96.5 Å². The minimum absolute atomic E-state index is 0. The maximum Gasteiger partial charge on any atom is 1.00 e. The second kappa shape index (κ2) is 4.96. The van der Waals surface area contributed by atoms with Crippen molar-refractivity contribution < 1.29 is 48.8 Å². The van der Waals surface area contributed by atoms with Gasteiger partial charge in [-0.05, 0) is 12.1 Å². The van der Waals surface area contributed by atoms with Crippen LogP contribution < -0.4 is 45.0 Å². The molecule has 0 atom stereocenters. The third kappa shape index (κ3) is 3.14. The molecule has 1 aromatic rings. The molecule has 0 aliphatic heterocycles. The summed E-state index contributed by atoms with van der Waals surface area (Å²) in [6, 6.07) is 1.98. The number of carbonyl (C=O) groups is 2. The van der Waals surface area contributed by atoms with E-state index in [1.165, 1.54) is 18.3 Å². The maximum atomic E-state index is 10.5. The first-order chi connectivity index (χ1) is 5.61. The van der Waals surface area contributed by atoms with E-state index in [4.69, 9.17) is 5.73 Å². The molecule has 0 fully saturated rings. The average molecular weight is 189 g/mol. The predicted molar refractivity (Wildman–Crippen MR) is 35.9 cm³/mol. The molecule has 13 heavy (non-hydrogen) atoms. The number of hydrogen-bond donors (Lipinski definition) is 1. The van der Waals surface area contributed by atoms with Crippen LogP contribution in [0.25, 0.3) is 0 Å². The second-order valence-electron chi connectivity index (χ2n) is 2.13. The van der Waals surface area contributed by atoms with E-state index in [-0.39, 0.29) is 35.1 Å². The molecule has 1 aromatic heterocycles. The molecule has 1 rings (SSSR count). The summed E-state index contributed by atoms with van der Waals surface area (Å²) in [6.07, 6.45) is 2.45. The fourth-order valence-electron chi connectivity index (χ4n) is 0.733.